The standard InChI is InChI=1S/C33H34BrClN4O3S/c34-24-9-12-29-27(19-24)28(21-37-29)31-33(43-26-5-2-1-3-6-26,32(41)36-13-4-14-38-15-17-42-18-16-38)20-30(40)39(31)22-23-7-10-25(35)11-8-23/h1-3,5-12,19,21,31,37H,4,13-18,20,22H2,(H,36,41)/t31-,33+/m1/s1. The number of carbonyl (C=O) groups excluding carboxylic acids is 2. The maximum atomic E-state index is 14.5. The van der Waals surface area contributed by atoms with Crippen molar-refractivity contribution in [2.75, 3.05) is 39.4 Å². The molecule has 3 heterocycles. The van der Waals surface area contributed by atoms with Gasteiger partial charge in [-0.2, -0.15) is 0 Å². The quantitative estimate of drug-likeness (QED) is 0.189. The number of likely N-dealkylation sites (tertiary alicyclic amines) is 1. The molecule has 0 radical (unpaired) electrons. The molecule has 0 bridgehead atoms. The summed E-state index contributed by atoms with van der Waals surface area (Å²) in [5, 5.41) is 4.87. The van der Waals surface area contributed by atoms with Crippen LogP contribution in [0.25, 0.3) is 10.9 Å². The average Bonchev–Trinajstić information content (AvgIpc) is 3.54. The van der Waals surface area contributed by atoms with Crippen LogP contribution in [0.5, 0.6) is 0 Å². The highest BCUT2D eigenvalue weighted by atomic mass is 79.9. The summed E-state index contributed by atoms with van der Waals surface area (Å²) in [6.45, 7) is 5.11. The Morgan fingerprint density at radius 1 is 1.09 bits per heavy atom. The monoisotopic (exact) mass is 680 g/mol. The zero-order chi connectivity index (χ0) is 29.8. The second kappa shape index (κ2) is 13.4. The van der Waals surface area contributed by atoms with E-state index in [2.05, 4.69) is 37.2 Å². The number of nitrogens with one attached hydrogen (secondary N) is 2. The van der Waals surface area contributed by atoms with Crippen LogP contribution in [0.2, 0.25) is 5.02 Å². The highest BCUT2D eigenvalue weighted by Crippen LogP contribution is 2.54. The third-order valence-corrected chi connectivity index (χ3v) is 10.4. The molecule has 2 aliphatic rings. The second-order valence-electron chi connectivity index (χ2n) is 11.0. The van der Waals surface area contributed by atoms with Gasteiger partial charge < -0.3 is 19.9 Å². The summed E-state index contributed by atoms with van der Waals surface area (Å²) < 4.78 is 5.31. The molecule has 43 heavy (non-hydrogen) atoms. The minimum Gasteiger partial charge on any atom is -0.379 e. The lowest BCUT2D eigenvalue weighted by molar-refractivity contribution is -0.129. The summed E-state index contributed by atoms with van der Waals surface area (Å²) in [7, 11) is 0. The van der Waals surface area contributed by atoms with Gasteiger partial charge in [-0.05, 0) is 61.0 Å². The van der Waals surface area contributed by atoms with Crippen LogP contribution in [0, 0.1) is 0 Å². The molecule has 6 rings (SSSR count). The second-order valence-corrected chi connectivity index (χ2v) is 13.8. The van der Waals surface area contributed by atoms with Gasteiger partial charge >= 0.3 is 0 Å². The number of carbonyl (C=O) groups is 2. The van der Waals surface area contributed by atoms with Crippen molar-refractivity contribution in [2.45, 2.75) is 35.1 Å². The molecule has 0 saturated carbocycles. The molecule has 2 fully saturated rings. The third-order valence-electron chi connectivity index (χ3n) is 8.19. The number of halogens is 2. The van der Waals surface area contributed by atoms with Gasteiger partial charge in [0.1, 0.15) is 4.75 Å². The van der Waals surface area contributed by atoms with Crippen LogP contribution >= 0.6 is 39.3 Å². The summed E-state index contributed by atoms with van der Waals surface area (Å²) in [6.07, 6.45) is 2.87. The number of hydrogen-bond donors (Lipinski definition) is 2. The van der Waals surface area contributed by atoms with Crippen molar-refractivity contribution >= 4 is 62.0 Å². The molecule has 2 aliphatic heterocycles. The summed E-state index contributed by atoms with van der Waals surface area (Å²) in [4.78, 5) is 37.2. The molecular weight excluding hydrogens is 648 g/mol. The van der Waals surface area contributed by atoms with Gasteiger partial charge in [0.2, 0.25) is 11.8 Å². The SMILES string of the molecule is O=C1C[C@@](Sc2ccccc2)(C(=O)NCCCN2CCOCC2)[C@@H](c2c[nH]c3ccc(Br)cc23)N1Cc1ccc(Cl)cc1. The number of morpholine rings is 1. The lowest BCUT2D eigenvalue weighted by Gasteiger charge is -2.36. The molecule has 224 valence electrons. The highest BCUT2D eigenvalue weighted by molar-refractivity contribution is 9.10. The molecule has 2 amide bonds. The van der Waals surface area contributed by atoms with Gasteiger partial charge in [-0.15, -0.1) is 11.8 Å². The van der Waals surface area contributed by atoms with Crippen molar-refractivity contribution < 1.29 is 14.3 Å². The van der Waals surface area contributed by atoms with Crippen molar-refractivity contribution in [1.29, 1.82) is 0 Å². The molecular formula is C33H34BrClN4O3S. The molecule has 2 saturated heterocycles. The van der Waals surface area contributed by atoms with Crippen LogP contribution in [0.4, 0.5) is 0 Å². The lowest BCUT2D eigenvalue weighted by Crippen LogP contribution is -2.48. The molecule has 4 aromatic rings. The van der Waals surface area contributed by atoms with E-state index < -0.39 is 10.8 Å². The minimum atomic E-state index is -1.10. The van der Waals surface area contributed by atoms with E-state index >= 15 is 0 Å². The Morgan fingerprint density at radius 3 is 2.63 bits per heavy atom. The number of thioether (sulfide) groups is 1. The maximum absolute atomic E-state index is 14.5. The highest BCUT2D eigenvalue weighted by Gasteiger charge is 2.58. The zero-order valence-corrected chi connectivity index (χ0v) is 26.9. The van der Waals surface area contributed by atoms with Gasteiger partial charge in [-0.25, -0.2) is 0 Å². The first kappa shape index (κ1) is 30.2. The van der Waals surface area contributed by atoms with Crippen LogP contribution in [-0.2, 0) is 20.9 Å². The van der Waals surface area contributed by atoms with E-state index in [4.69, 9.17) is 16.3 Å². The molecule has 0 aliphatic carbocycles. The molecule has 0 unspecified atom stereocenters. The van der Waals surface area contributed by atoms with Crippen LogP contribution in [0.1, 0.15) is 30.0 Å². The van der Waals surface area contributed by atoms with E-state index in [1.807, 2.05) is 77.8 Å². The molecule has 7 nitrogen and oxygen atoms in total. The normalized spacial score (nSPS) is 21.0. The molecule has 2 atom stereocenters. The minimum absolute atomic E-state index is 0.0591. The summed E-state index contributed by atoms with van der Waals surface area (Å²) in [6, 6.07) is 23.0. The topological polar surface area (TPSA) is 77.7 Å². The van der Waals surface area contributed by atoms with Crippen molar-refractivity contribution in [3.05, 3.63) is 99.6 Å². The Labute approximate surface area is 269 Å². The Kier molecular flexibility index (Phi) is 9.45. The fourth-order valence-corrected chi connectivity index (χ4v) is 7.99. The number of H-pyrrole nitrogens is 1. The van der Waals surface area contributed by atoms with Crippen molar-refractivity contribution in [2.24, 2.45) is 0 Å². The first-order valence-corrected chi connectivity index (χ1v) is 16.5. The van der Waals surface area contributed by atoms with Gasteiger partial charge in [0, 0.05) is 63.2 Å². The predicted octanol–water partition coefficient (Wildman–Crippen LogP) is 6.43. The number of aromatic amines is 1. The Bertz CT molecular complexity index is 1580. The predicted molar refractivity (Wildman–Crippen MR) is 175 cm³/mol. The first-order chi connectivity index (χ1) is 20.9. The van der Waals surface area contributed by atoms with E-state index in [1.54, 1.807) is 0 Å². The Balaban J connectivity index is 1.38. The number of ether oxygens (including phenoxy) is 1. The van der Waals surface area contributed by atoms with Crippen molar-refractivity contribution in [3.63, 3.8) is 0 Å². The van der Waals surface area contributed by atoms with Gasteiger partial charge in [0.25, 0.3) is 0 Å². The van der Waals surface area contributed by atoms with Crippen LogP contribution in [0.15, 0.2) is 88.4 Å². The van der Waals surface area contributed by atoms with Gasteiger partial charge in [0.05, 0.1) is 25.7 Å². The van der Waals surface area contributed by atoms with E-state index in [0.29, 0.717) is 18.1 Å². The summed E-state index contributed by atoms with van der Waals surface area (Å²) in [5.41, 5.74) is 2.83. The zero-order valence-electron chi connectivity index (χ0n) is 23.7. The number of fused-ring (bicyclic) bond motifs is 1. The number of hydrogen-bond acceptors (Lipinski definition) is 5. The average molecular weight is 682 g/mol. The number of amides is 2. The van der Waals surface area contributed by atoms with E-state index in [-0.39, 0.29) is 18.2 Å². The summed E-state index contributed by atoms with van der Waals surface area (Å²) in [5.74, 6) is -0.180. The van der Waals surface area contributed by atoms with E-state index in [9.17, 15) is 9.59 Å². The Hall–Kier alpha value is -2.82. The molecule has 1 aromatic heterocycles. The van der Waals surface area contributed by atoms with Crippen LogP contribution in [-0.4, -0.2) is 70.7 Å². The summed E-state index contributed by atoms with van der Waals surface area (Å²) >= 11 is 11.3. The third kappa shape index (κ3) is 6.66. The molecule has 0 spiro atoms. The fourth-order valence-electron chi connectivity index (χ4n) is 6.06. The van der Waals surface area contributed by atoms with Gasteiger partial charge in [-0.1, -0.05) is 57.9 Å². The maximum Gasteiger partial charge on any atom is 0.239 e. The van der Waals surface area contributed by atoms with Crippen molar-refractivity contribution in [1.82, 2.24) is 20.1 Å². The van der Waals surface area contributed by atoms with Crippen LogP contribution in [0.3, 0.4) is 0 Å². The molecule has 3 aromatic carbocycles. The van der Waals surface area contributed by atoms with Gasteiger partial charge in [-0.3, -0.25) is 14.5 Å². The number of nitrogens with zero attached hydrogens (tertiary/aromatic N) is 2. The first-order valence-electron chi connectivity index (χ1n) is 14.6. The largest absolute Gasteiger partial charge is 0.379 e. The molecule has 2 N–H and O–H groups in total. The Morgan fingerprint density at radius 2 is 1.86 bits per heavy atom. The number of rotatable bonds is 10. The smallest absolute Gasteiger partial charge is 0.239 e. The lowest BCUT2D eigenvalue weighted by atomic mass is 9.91. The van der Waals surface area contributed by atoms with Gasteiger partial charge in [0.15, 0.2) is 0 Å². The number of aromatic nitrogens is 1. The number of benzene rings is 3. The fraction of sp³-hybridized carbons (Fsp3) is 0.333. The van der Waals surface area contributed by atoms with Crippen LogP contribution < -0.4 is 5.32 Å². The van der Waals surface area contributed by atoms with Crippen molar-refractivity contribution in [3.8, 4) is 0 Å². The molecule has 10 heteroatoms. The van der Waals surface area contributed by atoms with E-state index in [1.165, 1.54) is 11.8 Å². The van der Waals surface area contributed by atoms with E-state index in [0.717, 1.165) is 70.7 Å².